The summed E-state index contributed by atoms with van der Waals surface area (Å²) < 4.78 is 0. The van der Waals surface area contributed by atoms with E-state index in [2.05, 4.69) is 17.1 Å². The van der Waals surface area contributed by atoms with Gasteiger partial charge in [0.25, 0.3) is 0 Å². The summed E-state index contributed by atoms with van der Waals surface area (Å²) in [5.74, 6) is 5.74. The van der Waals surface area contributed by atoms with Crippen LogP contribution in [0.4, 0.5) is 5.82 Å². The predicted molar refractivity (Wildman–Crippen MR) is 81.2 cm³/mol. The number of nitrogens with zero attached hydrogens (tertiary/aromatic N) is 1. The number of nitrogen functional groups attached to an aromatic ring is 1. The fourth-order valence-corrected chi connectivity index (χ4v) is 5.71. The van der Waals surface area contributed by atoms with Crippen LogP contribution in [0.5, 0.6) is 0 Å². The first-order valence-electron chi connectivity index (χ1n) is 8.56. The zero-order valence-electron chi connectivity index (χ0n) is 12.6. The Bertz CT molecular complexity index is 462. The van der Waals surface area contributed by atoms with Gasteiger partial charge in [0.1, 0.15) is 5.82 Å². The summed E-state index contributed by atoms with van der Waals surface area (Å²) in [6.45, 7) is 2.23. The van der Waals surface area contributed by atoms with E-state index in [0.717, 1.165) is 48.2 Å². The van der Waals surface area contributed by atoms with Gasteiger partial charge >= 0.3 is 0 Å². The Morgan fingerprint density at radius 1 is 1.10 bits per heavy atom. The highest BCUT2D eigenvalue weighted by Crippen LogP contribution is 2.57. The van der Waals surface area contributed by atoms with Crippen molar-refractivity contribution < 1.29 is 0 Å². The first-order valence-corrected chi connectivity index (χ1v) is 8.56. The van der Waals surface area contributed by atoms with E-state index in [1.54, 1.807) is 0 Å². The van der Waals surface area contributed by atoms with E-state index >= 15 is 0 Å². The van der Waals surface area contributed by atoms with Crippen molar-refractivity contribution in [3.8, 4) is 0 Å². The molecule has 0 unspecified atom stereocenters. The molecule has 4 fully saturated rings. The first kappa shape index (κ1) is 12.7. The van der Waals surface area contributed by atoms with Gasteiger partial charge in [-0.1, -0.05) is 13.3 Å². The van der Waals surface area contributed by atoms with Gasteiger partial charge in [-0.15, -0.1) is 0 Å². The number of aryl methyl sites for hydroxylation is 1. The molecule has 0 aliphatic heterocycles. The molecular weight excluding hydrogens is 246 g/mol. The minimum atomic E-state index is 0.766. The zero-order chi connectivity index (χ0) is 13.7. The van der Waals surface area contributed by atoms with Crippen LogP contribution in [0.2, 0.25) is 0 Å². The molecule has 1 heterocycles. The Balaban J connectivity index is 1.56. The van der Waals surface area contributed by atoms with Crippen molar-refractivity contribution in [2.45, 2.75) is 58.3 Å². The Morgan fingerprint density at radius 2 is 1.75 bits per heavy atom. The van der Waals surface area contributed by atoms with Crippen LogP contribution in [0, 0.1) is 29.6 Å². The third kappa shape index (κ3) is 1.97. The molecule has 3 heteroatoms. The average Bonchev–Trinajstić information content (AvgIpc) is 2.75. The van der Waals surface area contributed by atoms with Gasteiger partial charge in [0.05, 0.1) is 0 Å². The predicted octanol–water partition coefficient (Wildman–Crippen LogP) is 3.56. The minimum absolute atomic E-state index is 0.766. The molecule has 0 amide bonds. The second-order valence-corrected chi connectivity index (χ2v) is 7.61. The maximum atomic E-state index is 6.13. The molecule has 0 atom stereocenters. The van der Waals surface area contributed by atoms with E-state index < -0.39 is 0 Å². The smallest absolute Gasteiger partial charge is 0.148 e. The Kier molecular flexibility index (Phi) is 3.04. The van der Waals surface area contributed by atoms with Crippen molar-refractivity contribution in [1.82, 2.24) is 10.2 Å². The fourth-order valence-electron chi connectivity index (χ4n) is 5.71. The second-order valence-electron chi connectivity index (χ2n) is 7.61. The van der Waals surface area contributed by atoms with Crippen LogP contribution in [-0.4, -0.2) is 10.2 Å². The topological polar surface area (TPSA) is 54.7 Å². The Hall–Kier alpha value is -0.990. The molecule has 4 bridgehead atoms. The van der Waals surface area contributed by atoms with Crippen molar-refractivity contribution in [3.63, 3.8) is 0 Å². The number of anilines is 1. The lowest BCUT2D eigenvalue weighted by molar-refractivity contribution is -0.0360. The van der Waals surface area contributed by atoms with Crippen molar-refractivity contribution in [1.29, 1.82) is 0 Å². The lowest BCUT2D eigenvalue weighted by atomic mass is 9.51. The van der Waals surface area contributed by atoms with Crippen LogP contribution in [0.25, 0.3) is 0 Å². The molecule has 4 aliphatic rings. The van der Waals surface area contributed by atoms with E-state index in [9.17, 15) is 0 Å². The number of aromatic amines is 1. The molecule has 20 heavy (non-hydrogen) atoms. The number of nitrogens with two attached hydrogens (primary N) is 1. The second kappa shape index (κ2) is 4.78. The SMILES string of the molecule is CCCc1[nH]nc(N)c1CC1C2CC3CC(C2)CC1C3. The normalized spacial score (nSPS) is 38.5. The zero-order valence-corrected chi connectivity index (χ0v) is 12.6. The maximum Gasteiger partial charge on any atom is 0.148 e. The van der Waals surface area contributed by atoms with E-state index in [4.69, 9.17) is 5.73 Å². The summed E-state index contributed by atoms with van der Waals surface area (Å²) in [4.78, 5) is 0. The van der Waals surface area contributed by atoms with E-state index in [1.807, 2.05) is 0 Å². The van der Waals surface area contributed by atoms with Crippen LogP contribution < -0.4 is 5.73 Å². The van der Waals surface area contributed by atoms with E-state index in [-0.39, 0.29) is 0 Å². The van der Waals surface area contributed by atoms with Gasteiger partial charge in [-0.05, 0) is 74.5 Å². The van der Waals surface area contributed by atoms with Gasteiger partial charge in [0.2, 0.25) is 0 Å². The number of rotatable bonds is 4. The highest BCUT2D eigenvalue weighted by Gasteiger charge is 2.48. The van der Waals surface area contributed by atoms with Crippen LogP contribution in [0.15, 0.2) is 0 Å². The van der Waals surface area contributed by atoms with Gasteiger partial charge in [-0.3, -0.25) is 5.10 Å². The summed E-state index contributed by atoms with van der Waals surface area (Å²) >= 11 is 0. The number of nitrogens with one attached hydrogen (secondary N) is 1. The molecule has 4 saturated carbocycles. The van der Waals surface area contributed by atoms with E-state index in [1.165, 1.54) is 49.8 Å². The van der Waals surface area contributed by atoms with Gasteiger partial charge in [-0.25, -0.2) is 0 Å². The van der Waals surface area contributed by atoms with Crippen molar-refractivity contribution in [2.24, 2.45) is 29.6 Å². The van der Waals surface area contributed by atoms with Crippen LogP contribution >= 0.6 is 0 Å². The molecular formula is C17H27N3. The van der Waals surface area contributed by atoms with Crippen LogP contribution in [0.1, 0.15) is 56.7 Å². The summed E-state index contributed by atoms with van der Waals surface area (Å²) in [5, 5.41) is 7.44. The molecule has 0 saturated heterocycles. The molecule has 1 aromatic rings. The van der Waals surface area contributed by atoms with Crippen LogP contribution in [0.3, 0.4) is 0 Å². The summed E-state index contributed by atoms with van der Waals surface area (Å²) in [6, 6.07) is 0. The van der Waals surface area contributed by atoms with Gasteiger partial charge in [-0.2, -0.15) is 5.10 Å². The number of hydrogen-bond acceptors (Lipinski definition) is 2. The minimum Gasteiger partial charge on any atom is -0.382 e. The lowest BCUT2D eigenvalue weighted by Gasteiger charge is -2.54. The van der Waals surface area contributed by atoms with E-state index in [0.29, 0.717) is 0 Å². The van der Waals surface area contributed by atoms with Crippen molar-refractivity contribution >= 4 is 5.82 Å². The largest absolute Gasteiger partial charge is 0.382 e. The Morgan fingerprint density at radius 3 is 2.35 bits per heavy atom. The molecule has 0 spiro atoms. The molecule has 0 radical (unpaired) electrons. The van der Waals surface area contributed by atoms with Crippen molar-refractivity contribution in [2.75, 3.05) is 5.73 Å². The van der Waals surface area contributed by atoms with Gasteiger partial charge < -0.3 is 5.73 Å². The van der Waals surface area contributed by atoms with Crippen LogP contribution in [-0.2, 0) is 12.8 Å². The molecule has 110 valence electrons. The standard InChI is InChI=1S/C17H27N3/c1-2-3-16-15(17(18)20-19-16)9-14-12-5-10-4-11(7-12)8-13(14)6-10/h10-14H,2-9H2,1H3,(H3,18,19,20). The first-order chi connectivity index (χ1) is 9.74. The fraction of sp³-hybridized carbons (Fsp3) is 0.824. The third-order valence-corrected chi connectivity index (χ3v) is 6.35. The molecule has 5 rings (SSSR count). The monoisotopic (exact) mass is 273 g/mol. The highest BCUT2D eigenvalue weighted by atomic mass is 15.2. The molecule has 3 N–H and O–H groups in total. The third-order valence-electron chi connectivity index (χ3n) is 6.35. The lowest BCUT2D eigenvalue weighted by Crippen LogP contribution is -2.45. The molecule has 0 aromatic carbocycles. The highest BCUT2D eigenvalue weighted by molar-refractivity contribution is 5.42. The Labute approximate surface area is 121 Å². The van der Waals surface area contributed by atoms with Crippen molar-refractivity contribution in [3.05, 3.63) is 11.3 Å². The quantitative estimate of drug-likeness (QED) is 0.881. The molecule has 3 nitrogen and oxygen atoms in total. The summed E-state index contributed by atoms with van der Waals surface area (Å²) in [6.07, 6.45) is 11.0. The summed E-state index contributed by atoms with van der Waals surface area (Å²) in [5.41, 5.74) is 8.79. The molecule has 4 aliphatic carbocycles. The average molecular weight is 273 g/mol. The number of aromatic nitrogens is 2. The maximum absolute atomic E-state index is 6.13. The molecule has 1 aromatic heterocycles. The number of H-pyrrole nitrogens is 1. The number of hydrogen-bond donors (Lipinski definition) is 2. The van der Waals surface area contributed by atoms with Gasteiger partial charge in [0, 0.05) is 11.3 Å². The van der Waals surface area contributed by atoms with Gasteiger partial charge in [0.15, 0.2) is 0 Å². The summed E-state index contributed by atoms with van der Waals surface area (Å²) in [7, 11) is 0.